The van der Waals surface area contributed by atoms with Crippen LogP contribution in [0.4, 0.5) is 0 Å². The first-order valence-corrected chi connectivity index (χ1v) is 7.34. The molecule has 0 radical (unpaired) electrons. The van der Waals surface area contributed by atoms with E-state index in [1.165, 1.54) is 0 Å². The second kappa shape index (κ2) is 6.60. The number of rotatable bonds is 4. The molecule has 2 aromatic carbocycles. The van der Waals surface area contributed by atoms with Crippen LogP contribution < -0.4 is 10.1 Å². The second-order valence-electron chi connectivity index (χ2n) is 6.21. The van der Waals surface area contributed by atoms with Crippen molar-refractivity contribution in [2.75, 3.05) is 6.54 Å². The highest BCUT2D eigenvalue weighted by atomic mass is 16.5. The van der Waals surface area contributed by atoms with Gasteiger partial charge in [0.1, 0.15) is 5.75 Å². The zero-order valence-corrected chi connectivity index (χ0v) is 13.2. The molecule has 2 rings (SSSR count). The van der Waals surface area contributed by atoms with Crippen LogP contribution in [0.25, 0.3) is 10.8 Å². The van der Waals surface area contributed by atoms with Crippen molar-refractivity contribution in [2.24, 2.45) is 5.41 Å². The summed E-state index contributed by atoms with van der Waals surface area (Å²) in [5, 5.41) is 4.66. The van der Waals surface area contributed by atoms with Gasteiger partial charge in [0.2, 0.25) is 5.91 Å². The summed E-state index contributed by atoms with van der Waals surface area (Å²) in [7, 11) is 0. The summed E-state index contributed by atoms with van der Waals surface area (Å²) >= 11 is 0. The molecule has 4 heteroatoms. The lowest BCUT2D eigenvalue weighted by atomic mass is 9.96. The molecule has 0 fully saturated rings. The summed E-state index contributed by atoms with van der Waals surface area (Å²) < 4.78 is 5.40. The fourth-order valence-electron chi connectivity index (χ4n) is 2.00. The lowest BCUT2D eigenvalue weighted by Crippen LogP contribution is -2.36. The van der Waals surface area contributed by atoms with Crippen LogP contribution in [0, 0.1) is 5.41 Å². The summed E-state index contributed by atoms with van der Waals surface area (Å²) in [5.41, 5.74) is -0.459. The number of hydrogen-bond acceptors (Lipinski definition) is 3. The van der Waals surface area contributed by atoms with Gasteiger partial charge in [0, 0.05) is 17.3 Å². The van der Waals surface area contributed by atoms with Crippen molar-refractivity contribution in [2.45, 2.75) is 27.2 Å². The van der Waals surface area contributed by atoms with Gasteiger partial charge in [-0.05, 0) is 11.5 Å². The molecule has 0 aliphatic carbocycles. The maximum absolute atomic E-state index is 11.9. The Morgan fingerprint density at radius 2 is 1.73 bits per heavy atom. The highest BCUT2D eigenvalue weighted by Crippen LogP contribution is 2.25. The Balaban J connectivity index is 1.93. The molecule has 0 aliphatic heterocycles. The van der Waals surface area contributed by atoms with Crippen LogP contribution in [0.1, 0.15) is 27.2 Å². The number of benzene rings is 2. The highest BCUT2D eigenvalue weighted by molar-refractivity contribution is 5.90. The molecule has 116 valence electrons. The maximum atomic E-state index is 11.9. The molecule has 0 spiro atoms. The number of carbonyl (C=O) groups is 2. The first kappa shape index (κ1) is 16.0. The fourth-order valence-corrected chi connectivity index (χ4v) is 2.00. The van der Waals surface area contributed by atoms with E-state index in [4.69, 9.17) is 4.74 Å². The Kier molecular flexibility index (Phi) is 4.81. The number of hydrogen-bond donors (Lipinski definition) is 1. The monoisotopic (exact) mass is 299 g/mol. The summed E-state index contributed by atoms with van der Waals surface area (Å²) in [4.78, 5) is 23.6. The van der Waals surface area contributed by atoms with Gasteiger partial charge in [-0.2, -0.15) is 0 Å². The number of amides is 1. The number of ether oxygens (including phenoxy) is 1. The molecular formula is C18H21NO3. The Morgan fingerprint density at radius 1 is 1.05 bits per heavy atom. The van der Waals surface area contributed by atoms with Gasteiger partial charge in [-0.3, -0.25) is 9.59 Å². The zero-order valence-electron chi connectivity index (χ0n) is 13.2. The Hall–Kier alpha value is -2.36. The topological polar surface area (TPSA) is 55.4 Å². The number of esters is 1. The normalized spacial score (nSPS) is 11.2. The smallest absolute Gasteiger partial charge is 0.312 e. The van der Waals surface area contributed by atoms with E-state index in [9.17, 15) is 9.59 Å². The molecule has 1 N–H and O–H groups in total. The zero-order chi connectivity index (χ0) is 16.2. The third-order valence-electron chi connectivity index (χ3n) is 3.27. The van der Waals surface area contributed by atoms with Gasteiger partial charge in [-0.1, -0.05) is 57.2 Å². The van der Waals surface area contributed by atoms with Crippen LogP contribution in [0.3, 0.4) is 0 Å². The van der Waals surface area contributed by atoms with Crippen LogP contribution >= 0.6 is 0 Å². The van der Waals surface area contributed by atoms with Gasteiger partial charge in [-0.15, -0.1) is 0 Å². The lowest BCUT2D eigenvalue weighted by molar-refractivity contribution is -0.134. The second-order valence-corrected chi connectivity index (χ2v) is 6.21. The molecular weight excluding hydrogens is 278 g/mol. The van der Waals surface area contributed by atoms with Crippen LogP contribution in [0.2, 0.25) is 0 Å². The van der Waals surface area contributed by atoms with E-state index in [0.29, 0.717) is 5.75 Å². The van der Waals surface area contributed by atoms with Crippen LogP contribution in [-0.2, 0) is 9.59 Å². The van der Waals surface area contributed by atoms with Crippen LogP contribution in [0.5, 0.6) is 5.75 Å². The molecule has 0 saturated carbocycles. The van der Waals surface area contributed by atoms with Gasteiger partial charge in [0.25, 0.3) is 0 Å². The van der Waals surface area contributed by atoms with E-state index in [1.54, 1.807) is 6.07 Å². The highest BCUT2D eigenvalue weighted by Gasteiger charge is 2.20. The summed E-state index contributed by atoms with van der Waals surface area (Å²) in [6.45, 7) is 5.77. The van der Waals surface area contributed by atoms with E-state index in [-0.39, 0.29) is 24.8 Å². The molecule has 2 aromatic rings. The number of nitrogens with one attached hydrogen (secondary N) is 1. The first-order chi connectivity index (χ1) is 10.4. The van der Waals surface area contributed by atoms with Gasteiger partial charge < -0.3 is 10.1 Å². The van der Waals surface area contributed by atoms with E-state index in [2.05, 4.69) is 5.32 Å². The van der Waals surface area contributed by atoms with E-state index in [1.807, 2.05) is 57.2 Å². The predicted octanol–water partition coefficient (Wildman–Crippen LogP) is 3.30. The maximum Gasteiger partial charge on any atom is 0.312 e. The Morgan fingerprint density at radius 3 is 2.45 bits per heavy atom. The molecule has 4 nitrogen and oxygen atoms in total. The quantitative estimate of drug-likeness (QED) is 0.696. The van der Waals surface area contributed by atoms with Gasteiger partial charge in [0.05, 0.1) is 6.42 Å². The summed E-state index contributed by atoms with van der Waals surface area (Å²) in [6, 6.07) is 13.3. The van der Waals surface area contributed by atoms with Crippen LogP contribution in [-0.4, -0.2) is 18.4 Å². The minimum atomic E-state index is -0.459. The van der Waals surface area contributed by atoms with E-state index in [0.717, 1.165) is 10.8 Å². The minimum absolute atomic E-state index is 0.0783. The van der Waals surface area contributed by atoms with Crippen molar-refractivity contribution in [3.8, 4) is 5.75 Å². The molecule has 0 heterocycles. The Bertz CT molecular complexity index is 681. The van der Waals surface area contributed by atoms with Crippen molar-refractivity contribution >= 4 is 22.6 Å². The fraction of sp³-hybridized carbons (Fsp3) is 0.333. The number of fused-ring (bicyclic) bond motifs is 1. The average molecular weight is 299 g/mol. The molecule has 0 aromatic heterocycles. The van der Waals surface area contributed by atoms with Crippen LogP contribution in [0.15, 0.2) is 42.5 Å². The summed E-state index contributed by atoms with van der Waals surface area (Å²) in [6.07, 6.45) is 0.144. The number of carbonyl (C=O) groups excluding carboxylic acids is 2. The molecule has 0 aliphatic rings. The molecule has 22 heavy (non-hydrogen) atoms. The van der Waals surface area contributed by atoms with E-state index >= 15 is 0 Å². The predicted molar refractivity (Wildman–Crippen MR) is 86.7 cm³/mol. The molecule has 0 saturated heterocycles. The van der Waals surface area contributed by atoms with Gasteiger partial charge in [0.15, 0.2) is 0 Å². The molecule has 0 bridgehead atoms. The third kappa shape index (κ3) is 4.07. The van der Waals surface area contributed by atoms with Crippen molar-refractivity contribution in [3.05, 3.63) is 42.5 Å². The minimum Gasteiger partial charge on any atom is -0.426 e. The summed E-state index contributed by atoms with van der Waals surface area (Å²) in [5.74, 6) is 0.112. The largest absolute Gasteiger partial charge is 0.426 e. The van der Waals surface area contributed by atoms with Crippen molar-refractivity contribution < 1.29 is 14.3 Å². The molecule has 0 unspecified atom stereocenters. The standard InChI is InChI=1S/C18H21NO3/c1-18(2,3)17(21)19-12-11-16(20)22-15-10-6-8-13-7-4-5-9-14(13)15/h4-10H,11-12H2,1-3H3,(H,19,21). The van der Waals surface area contributed by atoms with Crippen molar-refractivity contribution in [1.29, 1.82) is 0 Å². The third-order valence-corrected chi connectivity index (χ3v) is 3.27. The van der Waals surface area contributed by atoms with Gasteiger partial charge in [-0.25, -0.2) is 0 Å². The average Bonchev–Trinajstić information content (AvgIpc) is 2.46. The molecule has 0 atom stereocenters. The first-order valence-electron chi connectivity index (χ1n) is 7.34. The Labute approximate surface area is 130 Å². The van der Waals surface area contributed by atoms with Gasteiger partial charge >= 0.3 is 5.97 Å². The van der Waals surface area contributed by atoms with E-state index < -0.39 is 5.41 Å². The SMILES string of the molecule is CC(C)(C)C(=O)NCCC(=O)Oc1cccc2ccccc12. The van der Waals surface area contributed by atoms with Crippen molar-refractivity contribution in [3.63, 3.8) is 0 Å². The van der Waals surface area contributed by atoms with Crippen molar-refractivity contribution in [1.82, 2.24) is 5.32 Å². The lowest BCUT2D eigenvalue weighted by Gasteiger charge is -2.17. The molecule has 1 amide bonds.